The number of carbonyl (C=O) groups is 2. The molecule has 0 aliphatic rings. The van der Waals surface area contributed by atoms with E-state index >= 15 is 0 Å². The van der Waals surface area contributed by atoms with E-state index in [0.717, 1.165) is 5.56 Å². The zero-order valence-corrected chi connectivity index (χ0v) is 12.6. The third-order valence-electron chi connectivity index (χ3n) is 3.11. The van der Waals surface area contributed by atoms with Crippen LogP contribution < -0.4 is 10.2 Å². The lowest BCUT2D eigenvalue weighted by Gasteiger charge is -2.29. The SMILES string of the molecule is Cc1ccc(N(C)C(=O)N[C@@H](C(=O)O)C(C)(C)C)cc1. The molecular formula is C15H22N2O3. The predicted octanol–water partition coefficient (Wildman–Crippen LogP) is 2.64. The molecule has 1 rings (SSSR count). The maximum atomic E-state index is 12.1. The Kier molecular flexibility index (Phi) is 4.76. The van der Waals surface area contributed by atoms with Crippen molar-refractivity contribution >= 4 is 17.7 Å². The van der Waals surface area contributed by atoms with Gasteiger partial charge in [-0.05, 0) is 24.5 Å². The number of nitrogens with zero attached hydrogens (tertiary/aromatic N) is 1. The van der Waals surface area contributed by atoms with Crippen LogP contribution in [-0.2, 0) is 4.79 Å². The molecule has 20 heavy (non-hydrogen) atoms. The molecule has 0 fully saturated rings. The summed E-state index contributed by atoms with van der Waals surface area (Å²) in [6, 6.07) is 6.07. The van der Waals surface area contributed by atoms with Gasteiger partial charge in [0.25, 0.3) is 0 Å². The third-order valence-corrected chi connectivity index (χ3v) is 3.11. The summed E-state index contributed by atoms with van der Waals surface area (Å²) >= 11 is 0. The zero-order valence-electron chi connectivity index (χ0n) is 12.6. The van der Waals surface area contributed by atoms with Crippen molar-refractivity contribution in [1.29, 1.82) is 0 Å². The van der Waals surface area contributed by atoms with Crippen LogP contribution >= 0.6 is 0 Å². The fourth-order valence-electron chi connectivity index (χ4n) is 1.75. The van der Waals surface area contributed by atoms with Crippen LogP contribution in [0.25, 0.3) is 0 Å². The molecule has 1 atom stereocenters. The van der Waals surface area contributed by atoms with Crippen molar-refractivity contribution in [3.63, 3.8) is 0 Å². The summed E-state index contributed by atoms with van der Waals surface area (Å²) in [5.74, 6) is -1.04. The molecule has 0 saturated heterocycles. The highest BCUT2D eigenvalue weighted by Crippen LogP contribution is 2.20. The molecule has 0 saturated carbocycles. The molecular weight excluding hydrogens is 256 g/mol. The zero-order chi connectivity index (χ0) is 15.5. The van der Waals surface area contributed by atoms with Crippen LogP contribution in [-0.4, -0.2) is 30.2 Å². The Labute approximate surface area is 119 Å². The lowest BCUT2D eigenvalue weighted by atomic mass is 9.87. The molecule has 0 heterocycles. The number of hydrogen-bond acceptors (Lipinski definition) is 2. The Morgan fingerprint density at radius 2 is 1.70 bits per heavy atom. The van der Waals surface area contributed by atoms with E-state index in [0.29, 0.717) is 5.69 Å². The number of amides is 2. The molecule has 0 aliphatic carbocycles. The van der Waals surface area contributed by atoms with Gasteiger partial charge < -0.3 is 10.4 Å². The van der Waals surface area contributed by atoms with Gasteiger partial charge in [0.1, 0.15) is 6.04 Å². The molecule has 1 aromatic rings. The minimum atomic E-state index is -1.04. The molecule has 0 spiro atoms. The van der Waals surface area contributed by atoms with Crippen molar-refractivity contribution in [2.45, 2.75) is 33.7 Å². The molecule has 0 radical (unpaired) electrons. The number of aliphatic carboxylic acids is 1. The Morgan fingerprint density at radius 3 is 2.10 bits per heavy atom. The predicted molar refractivity (Wildman–Crippen MR) is 79.0 cm³/mol. The highest BCUT2D eigenvalue weighted by Gasteiger charge is 2.33. The highest BCUT2D eigenvalue weighted by molar-refractivity contribution is 5.94. The number of hydrogen-bond donors (Lipinski definition) is 2. The number of anilines is 1. The molecule has 1 aromatic carbocycles. The minimum absolute atomic E-state index is 0.434. The largest absolute Gasteiger partial charge is 0.480 e. The fraction of sp³-hybridized carbons (Fsp3) is 0.467. The van der Waals surface area contributed by atoms with Gasteiger partial charge in [0.2, 0.25) is 0 Å². The van der Waals surface area contributed by atoms with E-state index in [1.807, 2.05) is 31.2 Å². The molecule has 0 aromatic heterocycles. The maximum Gasteiger partial charge on any atom is 0.326 e. The molecule has 0 aliphatic heterocycles. The number of urea groups is 1. The van der Waals surface area contributed by atoms with E-state index in [-0.39, 0.29) is 0 Å². The number of benzene rings is 1. The maximum absolute atomic E-state index is 12.1. The summed E-state index contributed by atoms with van der Waals surface area (Å²) in [5, 5.41) is 11.8. The van der Waals surface area contributed by atoms with Gasteiger partial charge in [-0.15, -0.1) is 0 Å². The van der Waals surface area contributed by atoms with Crippen molar-refractivity contribution in [2.75, 3.05) is 11.9 Å². The van der Waals surface area contributed by atoms with Gasteiger partial charge in [-0.1, -0.05) is 38.5 Å². The average Bonchev–Trinajstić information content (AvgIpc) is 2.33. The fourth-order valence-corrected chi connectivity index (χ4v) is 1.75. The quantitative estimate of drug-likeness (QED) is 0.893. The first kappa shape index (κ1) is 16.0. The van der Waals surface area contributed by atoms with Crippen LogP contribution in [0.2, 0.25) is 0 Å². The Hall–Kier alpha value is -2.04. The van der Waals surface area contributed by atoms with Crippen molar-refractivity contribution < 1.29 is 14.7 Å². The van der Waals surface area contributed by atoms with Crippen LogP contribution in [0.3, 0.4) is 0 Å². The van der Waals surface area contributed by atoms with E-state index in [9.17, 15) is 14.7 Å². The normalized spacial score (nSPS) is 12.7. The second-order valence-electron chi connectivity index (χ2n) is 5.98. The number of carbonyl (C=O) groups excluding carboxylic acids is 1. The van der Waals surface area contributed by atoms with Crippen LogP contribution in [0.15, 0.2) is 24.3 Å². The summed E-state index contributed by atoms with van der Waals surface area (Å²) < 4.78 is 0. The number of rotatable bonds is 3. The van der Waals surface area contributed by atoms with Gasteiger partial charge in [-0.2, -0.15) is 0 Å². The summed E-state index contributed by atoms with van der Waals surface area (Å²) in [6.07, 6.45) is 0. The lowest BCUT2D eigenvalue weighted by molar-refractivity contribution is -0.141. The van der Waals surface area contributed by atoms with Gasteiger partial charge in [0, 0.05) is 12.7 Å². The molecule has 2 N–H and O–H groups in total. The van der Waals surface area contributed by atoms with Crippen molar-refractivity contribution in [1.82, 2.24) is 5.32 Å². The third kappa shape index (κ3) is 3.98. The first-order valence-corrected chi connectivity index (χ1v) is 6.46. The number of nitrogens with one attached hydrogen (secondary N) is 1. The van der Waals surface area contributed by atoms with E-state index in [1.54, 1.807) is 27.8 Å². The number of aryl methyl sites for hydroxylation is 1. The monoisotopic (exact) mass is 278 g/mol. The second-order valence-corrected chi connectivity index (χ2v) is 5.98. The Morgan fingerprint density at radius 1 is 1.20 bits per heavy atom. The van der Waals surface area contributed by atoms with E-state index in [1.165, 1.54) is 4.90 Å². The Bertz CT molecular complexity index is 489. The molecule has 2 amide bonds. The van der Waals surface area contributed by atoms with Crippen LogP contribution in [0.1, 0.15) is 26.3 Å². The molecule has 110 valence electrons. The molecule has 5 heteroatoms. The average molecular weight is 278 g/mol. The highest BCUT2D eigenvalue weighted by atomic mass is 16.4. The van der Waals surface area contributed by atoms with Crippen molar-refractivity contribution in [3.05, 3.63) is 29.8 Å². The number of carboxylic acids is 1. The van der Waals surface area contributed by atoms with Crippen molar-refractivity contribution in [3.8, 4) is 0 Å². The smallest absolute Gasteiger partial charge is 0.326 e. The topological polar surface area (TPSA) is 69.6 Å². The van der Waals surface area contributed by atoms with E-state index < -0.39 is 23.5 Å². The summed E-state index contributed by atoms with van der Waals surface area (Å²) in [5.41, 5.74) is 1.25. The van der Waals surface area contributed by atoms with Gasteiger partial charge in [0.05, 0.1) is 0 Å². The number of carboxylic acid groups (broad SMARTS) is 1. The molecule has 0 unspecified atom stereocenters. The van der Waals surface area contributed by atoms with Crippen LogP contribution in [0, 0.1) is 12.3 Å². The van der Waals surface area contributed by atoms with Crippen molar-refractivity contribution in [2.24, 2.45) is 5.41 Å². The molecule has 0 bridgehead atoms. The lowest BCUT2D eigenvalue weighted by Crippen LogP contribution is -2.52. The van der Waals surface area contributed by atoms with Gasteiger partial charge in [-0.25, -0.2) is 9.59 Å². The van der Waals surface area contributed by atoms with E-state index in [2.05, 4.69) is 5.32 Å². The second kappa shape index (κ2) is 5.94. The Balaban J connectivity index is 2.84. The molecule has 5 nitrogen and oxygen atoms in total. The van der Waals surface area contributed by atoms with Gasteiger partial charge in [-0.3, -0.25) is 4.90 Å². The summed E-state index contributed by atoms with van der Waals surface area (Å²) in [7, 11) is 1.61. The summed E-state index contributed by atoms with van der Waals surface area (Å²) in [4.78, 5) is 24.8. The minimum Gasteiger partial charge on any atom is -0.480 e. The van der Waals surface area contributed by atoms with Crippen LogP contribution in [0.4, 0.5) is 10.5 Å². The first-order valence-electron chi connectivity index (χ1n) is 6.46. The standard InChI is InChI=1S/C15H22N2O3/c1-10-6-8-11(9-7-10)17(5)14(20)16-12(13(18)19)15(2,3)4/h6-9,12H,1-5H3,(H,16,20)(H,18,19)/t12-/m0/s1. The van der Waals surface area contributed by atoms with Crippen LogP contribution in [0.5, 0.6) is 0 Å². The van der Waals surface area contributed by atoms with E-state index in [4.69, 9.17) is 0 Å². The summed E-state index contributed by atoms with van der Waals surface area (Å²) in [6.45, 7) is 7.29. The first-order chi connectivity index (χ1) is 9.12. The van der Waals surface area contributed by atoms with Gasteiger partial charge in [0.15, 0.2) is 0 Å². The van der Waals surface area contributed by atoms with Gasteiger partial charge >= 0.3 is 12.0 Å².